The summed E-state index contributed by atoms with van der Waals surface area (Å²) in [7, 11) is -4.33. The van der Waals surface area contributed by atoms with Crippen LogP contribution in [0.5, 0.6) is 0 Å². The predicted molar refractivity (Wildman–Crippen MR) is 130 cm³/mol. The minimum Gasteiger partial charge on any atom is -0.348 e. The fourth-order valence-corrected chi connectivity index (χ4v) is 5.25. The van der Waals surface area contributed by atoms with Gasteiger partial charge in [-0.25, -0.2) is 8.42 Å². The Labute approximate surface area is 203 Å². The molecule has 5 nitrogen and oxygen atoms in total. The molecule has 0 aliphatic rings. The van der Waals surface area contributed by atoms with Crippen LogP contribution in [0.3, 0.4) is 0 Å². The monoisotopic (exact) mass is 504 g/mol. The highest BCUT2D eigenvalue weighted by Crippen LogP contribution is 2.33. The van der Waals surface area contributed by atoms with Crippen LogP contribution in [-0.2, 0) is 21.0 Å². The summed E-state index contributed by atoms with van der Waals surface area (Å²) in [6.07, 6.45) is -4.67. The second-order valence-electron chi connectivity index (χ2n) is 8.46. The number of aryl methyl sites for hydroxylation is 3. The Morgan fingerprint density at radius 2 is 1.54 bits per heavy atom. The molecule has 0 radical (unpaired) electrons. The second-order valence-corrected chi connectivity index (χ2v) is 10.3. The number of hydrogen-bond acceptors (Lipinski definition) is 3. The van der Waals surface area contributed by atoms with E-state index in [1.165, 1.54) is 30.3 Å². The van der Waals surface area contributed by atoms with Gasteiger partial charge in [0, 0.05) is 0 Å². The summed E-state index contributed by atoms with van der Waals surface area (Å²) in [5.41, 5.74) is 2.72. The van der Waals surface area contributed by atoms with Gasteiger partial charge in [-0.05, 0) is 80.3 Å². The Hall–Kier alpha value is -3.33. The first-order valence-corrected chi connectivity index (χ1v) is 12.4. The molecule has 35 heavy (non-hydrogen) atoms. The molecule has 0 saturated heterocycles. The SMILES string of the molecule is Cc1cc(C)c([C@H](C)NC(=O)CN(c2cccc(C(F)(F)F)c2)S(=O)(=O)c2ccccc2)cc1C. The quantitative estimate of drug-likeness (QED) is 0.449. The summed E-state index contributed by atoms with van der Waals surface area (Å²) in [5.74, 6) is -0.646. The van der Waals surface area contributed by atoms with E-state index in [-0.39, 0.29) is 10.6 Å². The molecule has 3 aromatic rings. The van der Waals surface area contributed by atoms with Crippen LogP contribution in [0.4, 0.5) is 18.9 Å². The fraction of sp³-hybridized carbons (Fsp3) is 0.269. The zero-order valence-corrected chi connectivity index (χ0v) is 20.7. The lowest BCUT2D eigenvalue weighted by Crippen LogP contribution is -2.41. The van der Waals surface area contributed by atoms with Gasteiger partial charge >= 0.3 is 6.18 Å². The lowest BCUT2D eigenvalue weighted by Gasteiger charge is -2.26. The van der Waals surface area contributed by atoms with Gasteiger partial charge in [0.1, 0.15) is 6.54 Å². The standard InChI is InChI=1S/C26H27F3N2O3S/c1-17-13-19(3)24(14-18(17)2)20(4)30-25(32)16-31(35(33,34)23-11-6-5-7-12-23)22-10-8-9-21(15-22)26(27,28)29/h5-15,20H,16H2,1-4H3,(H,30,32)/t20-/m0/s1. The van der Waals surface area contributed by atoms with Gasteiger partial charge in [0.25, 0.3) is 10.0 Å². The predicted octanol–water partition coefficient (Wildman–Crippen LogP) is 5.70. The average Bonchev–Trinajstić information content (AvgIpc) is 2.79. The van der Waals surface area contributed by atoms with E-state index in [1.807, 2.05) is 32.9 Å². The minimum absolute atomic E-state index is 0.136. The molecule has 0 unspecified atom stereocenters. The molecule has 0 heterocycles. The van der Waals surface area contributed by atoms with E-state index >= 15 is 0 Å². The van der Waals surface area contributed by atoms with Crippen molar-refractivity contribution >= 4 is 21.6 Å². The van der Waals surface area contributed by atoms with Crippen LogP contribution in [-0.4, -0.2) is 20.9 Å². The maximum atomic E-state index is 13.4. The number of alkyl halides is 3. The molecule has 0 aliphatic heterocycles. The number of rotatable bonds is 7. The molecule has 1 N–H and O–H groups in total. The van der Waals surface area contributed by atoms with E-state index in [2.05, 4.69) is 5.32 Å². The number of hydrogen-bond donors (Lipinski definition) is 1. The average molecular weight is 505 g/mol. The summed E-state index contributed by atoms with van der Waals surface area (Å²) < 4.78 is 67.4. The van der Waals surface area contributed by atoms with Crippen molar-refractivity contribution in [3.63, 3.8) is 0 Å². The molecule has 0 aromatic heterocycles. The normalized spacial score (nSPS) is 12.8. The van der Waals surface area contributed by atoms with E-state index in [4.69, 9.17) is 0 Å². The van der Waals surface area contributed by atoms with Gasteiger partial charge < -0.3 is 5.32 Å². The smallest absolute Gasteiger partial charge is 0.348 e. The number of anilines is 1. The van der Waals surface area contributed by atoms with Gasteiger partial charge in [0.15, 0.2) is 0 Å². The zero-order valence-electron chi connectivity index (χ0n) is 19.8. The minimum atomic E-state index is -4.67. The number of amides is 1. The third kappa shape index (κ3) is 6.03. The Morgan fingerprint density at radius 1 is 0.914 bits per heavy atom. The van der Waals surface area contributed by atoms with Crippen molar-refractivity contribution < 1.29 is 26.4 Å². The van der Waals surface area contributed by atoms with Crippen LogP contribution in [0.2, 0.25) is 0 Å². The maximum Gasteiger partial charge on any atom is 0.416 e. The highest BCUT2D eigenvalue weighted by Gasteiger charge is 2.33. The molecule has 9 heteroatoms. The number of nitrogens with zero attached hydrogens (tertiary/aromatic N) is 1. The highest BCUT2D eigenvalue weighted by atomic mass is 32.2. The van der Waals surface area contributed by atoms with Gasteiger partial charge in [0.05, 0.1) is 22.2 Å². The third-order valence-corrected chi connectivity index (χ3v) is 7.59. The number of carbonyl (C=O) groups excluding carboxylic acids is 1. The molecule has 1 atom stereocenters. The molecule has 3 aromatic carbocycles. The van der Waals surface area contributed by atoms with Crippen LogP contribution in [0, 0.1) is 20.8 Å². The molecular weight excluding hydrogens is 477 g/mol. The van der Waals surface area contributed by atoms with Gasteiger partial charge in [0.2, 0.25) is 5.91 Å². The van der Waals surface area contributed by atoms with Crippen LogP contribution < -0.4 is 9.62 Å². The lowest BCUT2D eigenvalue weighted by molar-refractivity contribution is -0.137. The topological polar surface area (TPSA) is 66.5 Å². The first-order chi connectivity index (χ1) is 16.3. The van der Waals surface area contributed by atoms with Crippen LogP contribution in [0.25, 0.3) is 0 Å². The Bertz CT molecular complexity index is 1320. The summed E-state index contributed by atoms with van der Waals surface area (Å²) in [6.45, 7) is 6.94. The number of sulfonamides is 1. The molecular formula is C26H27F3N2O3S. The molecule has 1 amide bonds. The molecule has 0 bridgehead atoms. The maximum absolute atomic E-state index is 13.4. The van der Waals surface area contributed by atoms with Crippen LogP contribution in [0.1, 0.15) is 40.8 Å². The second kappa shape index (κ2) is 10.1. The Morgan fingerprint density at radius 3 is 2.17 bits per heavy atom. The Balaban J connectivity index is 1.96. The van der Waals surface area contributed by atoms with E-state index in [9.17, 15) is 26.4 Å². The highest BCUT2D eigenvalue weighted by molar-refractivity contribution is 7.92. The van der Waals surface area contributed by atoms with Gasteiger partial charge in [-0.15, -0.1) is 0 Å². The van der Waals surface area contributed by atoms with E-state index in [1.54, 1.807) is 13.0 Å². The third-order valence-electron chi connectivity index (χ3n) is 5.81. The van der Waals surface area contributed by atoms with Crippen molar-refractivity contribution in [2.75, 3.05) is 10.8 Å². The van der Waals surface area contributed by atoms with Crippen LogP contribution in [0.15, 0.2) is 71.6 Å². The largest absolute Gasteiger partial charge is 0.416 e. The first-order valence-electron chi connectivity index (χ1n) is 10.9. The van der Waals surface area contributed by atoms with Crippen molar-refractivity contribution in [1.82, 2.24) is 5.32 Å². The van der Waals surface area contributed by atoms with Gasteiger partial charge in [-0.3, -0.25) is 9.10 Å². The number of nitrogens with one attached hydrogen (secondary N) is 1. The zero-order chi connectivity index (χ0) is 26.0. The number of halogens is 3. The summed E-state index contributed by atoms with van der Waals surface area (Å²) in [6, 6.07) is 14.7. The Kier molecular flexibility index (Phi) is 7.59. The fourth-order valence-electron chi connectivity index (χ4n) is 3.82. The van der Waals surface area contributed by atoms with E-state index in [0.717, 1.165) is 40.5 Å². The summed E-state index contributed by atoms with van der Waals surface area (Å²) >= 11 is 0. The lowest BCUT2D eigenvalue weighted by atomic mass is 9.96. The van der Waals surface area contributed by atoms with Crippen molar-refractivity contribution in [3.8, 4) is 0 Å². The van der Waals surface area contributed by atoms with Gasteiger partial charge in [-0.2, -0.15) is 13.2 Å². The van der Waals surface area contributed by atoms with E-state index in [0.29, 0.717) is 4.31 Å². The number of benzene rings is 3. The number of carbonyl (C=O) groups is 1. The molecule has 3 rings (SSSR count). The molecule has 0 saturated carbocycles. The van der Waals surface area contributed by atoms with Crippen molar-refractivity contribution in [3.05, 3.63) is 94.5 Å². The molecule has 0 aliphatic carbocycles. The van der Waals surface area contributed by atoms with Gasteiger partial charge in [-0.1, -0.05) is 36.4 Å². The molecule has 0 spiro atoms. The molecule has 186 valence electrons. The summed E-state index contributed by atoms with van der Waals surface area (Å²) in [5, 5.41) is 2.79. The van der Waals surface area contributed by atoms with Crippen molar-refractivity contribution in [1.29, 1.82) is 0 Å². The van der Waals surface area contributed by atoms with E-state index < -0.39 is 40.3 Å². The molecule has 0 fully saturated rings. The first kappa shape index (κ1) is 26.3. The van der Waals surface area contributed by atoms with Crippen molar-refractivity contribution in [2.45, 2.75) is 44.8 Å². The van der Waals surface area contributed by atoms with Crippen molar-refractivity contribution in [2.24, 2.45) is 0 Å². The van der Waals surface area contributed by atoms with Crippen LogP contribution >= 0.6 is 0 Å². The summed E-state index contributed by atoms with van der Waals surface area (Å²) in [4.78, 5) is 12.9.